The fourth-order valence-corrected chi connectivity index (χ4v) is 6.47. The second kappa shape index (κ2) is 8.47. The smallest absolute Gasteiger partial charge is 0.234 e. The highest BCUT2D eigenvalue weighted by atomic mass is 19.1. The van der Waals surface area contributed by atoms with E-state index in [2.05, 4.69) is 0 Å². The van der Waals surface area contributed by atoms with Crippen molar-refractivity contribution in [2.75, 3.05) is 0 Å². The predicted molar refractivity (Wildman–Crippen MR) is 131 cm³/mol. The monoisotopic (exact) mass is 497 g/mol. The summed E-state index contributed by atoms with van der Waals surface area (Å²) in [6, 6.07) is 13.4. The molecule has 3 aliphatic carbocycles. The number of allylic oxidation sites excluding steroid dienone is 6. The van der Waals surface area contributed by atoms with Crippen molar-refractivity contribution in [2.45, 2.75) is 32.2 Å². The number of likely N-dealkylation sites (tertiary alicyclic amines) is 1. The predicted octanol–water partition coefficient (Wildman–Crippen LogP) is 4.16. The number of para-hydroxylation sites is 1. The zero-order valence-corrected chi connectivity index (χ0v) is 20.1. The first-order chi connectivity index (χ1) is 17.8. The molecule has 0 spiro atoms. The first-order valence-corrected chi connectivity index (χ1v) is 12.3. The third-order valence-electron chi connectivity index (χ3n) is 8.17. The minimum absolute atomic E-state index is 0.140. The SMILES string of the molecule is CC1=CC(=O)C2=C(C1=O)[C@@H](c1cccc(F)c1O)C1=CC[C@@H]3C(=O)N(Cc4ccccc4)C(=O)[C@@H]3[C@@H]1C2. The van der Waals surface area contributed by atoms with Gasteiger partial charge in [-0.05, 0) is 43.4 Å². The van der Waals surface area contributed by atoms with Crippen LogP contribution in [0.2, 0.25) is 0 Å². The molecule has 37 heavy (non-hydrogen) atoms. The molecule has 4 atom stereocenters. The molecule has 1 fully saturated rings. The van der Waals surface area contributed by atoms with Crippen molar-refractivity contribution in [3.63, 3.8) is 0 Å². The minimum Gasteiger partial charge on any atom is -0.505 e. The van der Waals surface area contributed by atoms with Crippen LogP contribution in [0.5, 0.6) is 5.75 Å². The number of carbonyl (C=O) groups is 4. The van der Waals surface area contributed by atoms with Gasteiger partial charge in [-0.15, -0.1) is 0 Å². The molecule has 0 saturated carbocycles. The lowest BCUT2D eigenvalue weighted by atomic mass is 9.59. The van der Waals surface area contributed by atoms with Gasteiger partial charge in [0, 0.05) is 28.2 Å². The summed E-state index contributed by atoms with van der Waals surface area (Å²) < 4.78 is 14.5. The summed E-state index contributed by atoms with van der Waals surface area (Å²) in [5, 5.41) is 10.7. The van der Waals surface area contributed by atoms with Gasteiger partial charge >= 0.3 is 0 Å². The van der Waals surface area contributed by atoms with Crippen molar-refractivity contribution >= 4 is 23.4 Å². The normalized spacial score (nSPS) is 27.0. The Kier molecular flexibility index (Phi) is 5.33. The number of Topliss-reactive ketones (excluding diaryl/α,β-unsaturated/α-hetero) is 1. The molecule has 6 rings (SSSR count). The summed E-state index contributed by atoms with van der Waals surface area (Å²) in [5.41, 5.74) is 2.47. The number of phenolic OH excluding ortho intramolecular Hbond substituents is 1. The number of halogens is 1. The average Bonchev–Trinajstić information content (AvgIpc) is 3.13. The number of amides is 2. The molecule has 2 aromatic rings. The highest BCUT2D eigenvalue weighted by molar-refractivity contribution is 6.24. The number of benzene rings is 2. The van der Waals surface area contributed by atoms with E-state index in [9.17, 15) is 28.7 Å². The van der Waals surface area contributed by atoms with Crippen LogP contribution >= 0.6 is 0 Å². The minimum atomic E-state index is -0.878. The van der Waals surface area contributed by atoms with E-state index in [4.69, 9.17) is 0 Å². The number of ketones is 2. The number of phenols is 1. The average molecular weight is 498 g/mol. The molecule has 1 aliphatic heterocycles. The van der Waals surface area contributed by atoms with Crippen LogP contribution in [0.4, 0.5) is 4.39 Å². The quantitative estimate of drug-likeness (QED) is 0.391. The third-order valence-corrected chi connectivity index (χ3v) is 8.17. The Morgan fingerprint density at radius 1 is 0.973 bits per heavy atom. The number of hydrogen-bond donors (Lipinski definition) is 1. The fourth-order valence-electron chi connectivity index (χ4n) is 6.47. The van der Waals surface area contributed by atoms with E-state index >= 15 is 0 Å². The lowest BCUT2D eigenvalue weighted by molar-refractivity contribution is -0.140. The molecule has 0 aromatic heterocycles. The standard InChI is InChI=1S/C30H24FNO5/c1-15-12-23(33)21-13-20-17(24(26(21)27(15)34)18-8-5-9-22(31)28(18)35)10-11-19-25(20)30(37)32(29(19)36)14-16-6-3-2-4-7-16/h2-10,12,19-20,24-25,35H,11,13-14H2,1H3/t19-,20+,24+,25-/m0/s1. The van der Waals surface area contributed by atoms with Crippen LogP contribution in [-0.2, 0) is 25.7 Å². The zero-order chi connectivity index (χ0) is 26.0. The van der Waals surface area contributed by atoms with Crippen molar-refractivity contribution in [3.8, 4) is 5.75 Å². The maximum absolute atomic E-state index is 14.5. The number of rotatable bonds is 3. The Morgan fingerprint density at radius 3 is 2.49 bits per heavy atom. The summed E-state index contributed by atoms with van der Waals surface area (Å²) in [6.07, 6.45) is 3.58. The van der Waals surface area contributed by atoms with E-state index in [-0.39, 0.29) is 58.6 Å². The van der Waals surface area contributed by atoms with Crippen LogP contribution in [-0.4, -0.2) is 33.4 Å². The third kappa shape index (κ3) is 3.44. The van der Waals surface area contributed by atoms with Gasteiger partial charge < -0.3 is 5.11 Å². The number of hydrogen-bond acceptors (Lipinski definition) is 5. The van der Waals surface area contributed by atoms with Crippen LogP contribution in [0.3, 0.4) is 0 Å². The van der Waals surface area contributed by atoms with E-state index in [0.717, 1.165) is 11.6 Å². The molecule has 2 aromatic carbocycles. The molecular formula is C30H24FNO5. The molecule has 0 unspecified atom stereocenters. The van der Waals surface area contributed by atoms with E-state index in [0.29, 0.717) is 12.0 Å². The van der Waals surface area contributed by atoms with Crippen LogP contribution in [0, 0.1) is 23.6 Å². The highest BCUT2D eigenvalue weighted by Crippen LogP contribution is 2.56. The molecule has 1 N–H and O–H groups in total. The first kappa shape index (κ1) is 23.3. The Bertz CT molecular complexity index is 1480. The molecule has 186 valence electrons. The highest BCUT2D eigenvalue weighted by Gasteiger charge is 2.56. The lowest BCUT2D eigenvalue weighted by Gasteiger charge is -2.42. The van der Waals surface area contributed by atoms with E-state index in [1.54, 1.807) is 6.92 Å². The lowest BCUT2D eigenvalue weighted by Crippen LogP contribution is -2.39. The van der Waals surface area contributed by atoms with Crippen molar-refractivity contribution in [1.29, 1.82) is 0 Å². The Morgan fingerprint density at radius 2 is 1.73 bits per heavy atom. The second-order valence-corrected chi connectivity index (χ2v) is 10.2. The number of imide groups is 1. The van der Waals surface area contributed by atoms with Gasteiger partial charge in [-0.25, -0.2) is 4.39 Å². The zero-order valence-electron chi connectivity index (χ0n) is 20.1. The molecule has 6 nitrogen and oxygen atoms in total. The molecular weight excluding hydrogens is 473 g/mol. The van der Waals surface area contributed by atoms with E-state index in [1.807, 2.05) is 36.4 Å². The Labute approximate surface area is 212 Å². The van der Waals surface area contributed by atoms with Crippen LogP contribution in [0.25, 0.3) is 0 Å². The van der Waals surface area contributed by atoms with Crippen molar-refractivity contribution < 1.29 is 28.7 Å². The number of fused-ring (bicyclic) bond motifs is 3. The summed E-state index contributed by atoms with van der Waals surface area (Å²) in [4.78, 5) is 54.9. The van der Waals surface area contributed by atoms with E-state index in [1.165, 1.54) is 23.1 Å². The van der Waals surface area contributed by atoms with Crippen LogP contribution in [0.1, 0.15) is 36.8 Å². The van der Waals surface area contributed by atoms with E-state index < -0.39 is 35.2 Å². The summed E-state index contributed by atoms with van der Waals surface area (Å²) >= 11 is 0. The number of nitrogens with zero attached hydrogens (tertiary/aromatic N) is 1. The van der Waals surface area contributed by atoms with Crippen molar-refractivity contribution in [1.82, 2.24) is 4.90 Å². The van der Waals surface area contributed by atoms with Gasteiger partial charge in [0.1, 0.15) is 0 Å². The molecule has 1 heterocycles. The maximum atomic E-state index is 14.5. The van der Waals surface area contributed by atoms with Gasteiger partial charge in [0.2, 0.25) is 11.8 Å². The van der Waals surface area contributed by atoms with Crippen molar-refractivity contribution in [2.24, 2.45) is 17.8 Å². The topological polar surface area (TPSA) is 91.8 Å². The summed E-state index contributed by atoms with van der Waals surface area (Å²) in [6.45, 7) is 1.72. The Hall–Kier alpha value is -4.13. The molecule has 1 saturated heterocycles. The molecule has 0 bridgehead atoms. The molecule has 0 radical (unpaired) electrons. The Balaban J connectivity index is 1.47. The van der Waals surface area contributed by atoms with Gasteiger partial charge in [0.05, 0.1) is 18.4 Å². The van der Waals surface area contributed by atoms with Gasteiger partial charge in [-0.3, -0.25) is 24.1 Å². The van der Waals surface area contributed by atoms with Gasteiger partial charge in [0.25, 0.3) is 0 Å². The number of carbonyl (C=O) groups excluding carboxylic acids is 4. The van der Waals surface area contributed by atoms with Crippen LogP contribution < -0.4 is 0 Å². The number of aromatic hydroxyl groups is 1. The summed E-state index contributed by atoms with van der Waals surface area (Å²) in [5.74, 6) is -5.30. The first-order valence-electron chi connectivity index (χ1n) is 12.3. The second-order valence-electron chi connectivity index (χ2n) is 10.2. The van der Waals surface area contributed by atoms with Gasteiger partial charge in [-0.2, -0.15) is 0 Å². The molecule has 2 amide bonds. The maximum Gasteiger partial charge on any atom is 0.234 e. The van der Waals surface area contributed by atoms with Gasteiger partial charge in [0.15, 0.2) is 23.1 Å². The van der Waals surface area contributed by atoms with Crippen LogP contribution in [0.15, 0.2) is 83.0 Å². The molecule has 7 heteroatoms. The van der Waals surface area contributed by atoms with Crippen molar-refractivity contribution in [3.05, 3.63) is 99.9 Å². The molecule has 4 aliphatic rings. The fraction of sp³-hybridized carbons (Fsp3) is 0.267. The summed E-state index contributed by atoms with van der Waals surface area (Å²) in [7, 11) is 0. The van der Waals surface area contributed by atoms with Gasteiger partial charge in [-0.1, -0.05) is 54.1 Å². The largest absolute Gasteiger partial charge is 0.505 e.